The standard InChI is InChI=1S/C17H23ClN2O2/c1-12-5-6-13(11-14(12)18)17(22)20-9-7-19(8-10-20)15-3-2-4-16(15)21/h5-6,11,15-16,21H,2-4,7-10H2,1H3/t15-,16+/m0/s1. The zero-order valence-corrected chi connectivity index (χ0v) is 13.7. The summed E-state index contributed by atoms with van der Waals surface area (Å²) in [6, 6.07) is 5.77. The second-order valence-corrected chi connectivity index (χ2v) is 6.76. The lowest BCUT2D eigenvalue weighted by Gasteiger charge is -2.39. The summed E-state index contributed by atoms with van der Waals surface area (Å²) in [5.74, 6) is 0.0496. The minimum absolute atomic E-state index is 0.0496. The smallest absolute Gasteiger partial charge is 0.253 e. The fraction of sp³-hybridized carbons (Fsp3) is 0.588. The molecule has 0 spiro atoms. The minimum atomic E-state index is -0.196. The van der Waals surface area contributed by atoms with Crippen molar-refractivity contribution in [2.75, 3.05) is 26.2 Å². The summed E-state index contributed by atoms with van der Waals surface area (Å²) >= 11 is 6.12. The molecule has 4 nitrogen and oxygen atoms in total. The van der Waals surface area contributed by atoms with Crippen LogP contribution in [0.3, 0.4) is 0 Å². The van der Waals surface area contributed by atoms with Crippen molar-refractivity contribution in [2.24, 2.45) is 0 Å². The summed E-state index contributed by atoms with van der Waals surface area (Å²) in [5, 5.41) is 10.7. The highest BCUT2D eigenvalue weighted by molar-refractivity contribution is 6.31. The molecular formula is C17H23ClN2O2. The second-order valence-electron chi connectivity index (χ2n) is 6.36. The Labute approximate surface area is 136 Å². The highest BCUT2D eigenvalue weighted by atomic mass is 35.5. The number of aliphatic hydroxyl groups is 1. The van der Waals surface area contributed by atoms with E-state index in [1.54, 1.807) is 6.07 Å². The number of piperazine rings is 1. The molecule has 22 heavy (non-hydrogen) atoms. The average molecular weight is 323 g/mol. The van der Waals surface area contributed by atoms with E-state index >= 15 is 0 Å². The molecule has 2 fully saturated rings. The molecule has 1 saturated heterocycles. The fourth-order valence-electron chi connectivity index (χ4n) is 3.51. The van der Waals surface area contributed by atoms with Gasteiger partial charge in [0.05, 0.1) is 6.10 Å². The summed E-state index contributed by atoms with van der Waals surface area (Å²) < 4.78 is 0. The number of aliphatic hydroxyl groups excluding tert-OH is 1. The third-order valence-electron chi connectivity index (χ3n) is 4.93. The molecule has 0 bridgehead atoms. The van der Waals surface area contributed by atoms with Gasteiger partial charge in [0, 0.05) is 42.8 Å². The molecule has 3 rings (SSSR count). The molecule has 1 aromatic rings. The average Bonchev–Trinajstić information content (AvgIpc) is 2.95. The van der Waals surface area contributed by atoms with Gasteiger partial charge in [0.2, 0.25) is 0 Å². The first-order valence-corrected chi connectivity index (χ1v) is 8.41. The van der Waals surface area contributed by atoms with Crippen molar-refractivity contribution in [3.05, 3.63) is 34.3 Å². The zero-order chi connectivity index (χ0) is 15.7. The number of benzene rings is 1. The first-order valence-electron chi connectivity index (χ1n) is 8.04. The summed E-state index contributed by atoms with van der Waals surface area (Å²) in [6.07, 6.45) is 2.89. The lowest BCUT2D eigenvalue weighted by molar-refractivity contribution is 0.0315. The maximum atomic E-state index is 12.6. The summed E-state index contributed by atoms with van der Waals surface area (Å²) in [7, 11) is 0. The highest BCUT2D eigenvalue weighted by Crippen LogP contribution is 2.25. The lowest BCUT2D eigenvalue weighted by atomic mass is 10.1. The largest absolute Gasteiger partial charge is 0.391 e. The second kappa shape index (κ2) is 6.57. The van der Waals surface area contributed by atoms with Crippen molar-refractivity contribution < 1.29 is 9.90 Å². The molecular weight excluding hydrogens is 300 g/mol. The van der Waals surface area contributed by atoms with Crippen molar-refractivity contribution in [1.29, 1.82) is 0 Å². The van der Waals surface area contributed by atoms with Gasteiger partial charge in [-0.2, -0.15) is 0 Å². The molecule has 1 N–H and O–H groups in total. The molecule has 1 heterocycles. The van der Waals surface area contributed by atoms with Crippen molar-refractivity contribution in [1.82, 2.24) is 9.80 Å². The van der Waals surface area contributed by atoms with Gasteiger partial charge in [0.1, 0.15) is 0 Å². The zero-order valence-electron chi connectivity index (χ0n) is 13.0. The van der Waals surface area contributed by atoms with Crippen LogP contribution in [-0.4, -0.2) is 59.1 Å². The van der Waals surface area contributed by atoms with Crippen LogP contribution in [0.2, 0.25) is 5.02 Å². The van der Waals surface area contributed by atoms with Gasteiger partial charge in [-0.25, -0.2) is 0 Å². The van der Waals surface area contributed by atoms with E-state index in [2.05, 4.69) is 4.90 Å². The Morgan fingerprint density at radius 1 is 1.23 bits per heavy atom. The SMILES string of the molecule is Cc1ccc(C(=O)N2CCN([C@H]3CCC[C@H]3O)CC2)cc1Cl. The van der Waals surface area contributed by atoms with Crippen molar-refractivity contribution in [2.45, 2.75) is 38.3 Å². The Kier molecular flexibility index (Phi) is 4.71. The predicted molar refractivity (Wildman–Crippen MR) is 87.3 cm³/mol. The molecule has 2 aliphatic rings. The van der Waals surface area contributed by atoms with Crippen molar-refractivity contribution >= 4 is 17.5 Å². The molecule has 1 aliphatic heterocycles. The van der Waals surface area contributed by atoms with Gasteiger partial charge < -0.3 is 10.0 Å². The summed E-state index contributed by atoms with van der Waals surface area (Å²) in [5.41, 5.74) is 1.64. The minimum Gasteiger partial charge on any atom is -0.391 e. The van der Waals surface area contributed by atoms with Gasteiger partial charge in [-0.15, -0.1) is 0 Å². The van der Waals surface area contributed by atoms with Crippen LogP contribution in [0.1, 0.15) is 35.2 Å². The lowest BCUT2D eigenvalue weighted by Crippen LogP contribution is -2.53. The molecule has 1 aromatic carbocycles. The number of carbonyl (C=O) groups excluding carboxylic acids is 1. The summed E-state index contributed by atoms with van der Waals surface area (Å²) in [6.45, 7) is 5.05. The normalized spacial score (nSPS) is 26.4. The van der Waals surface area contributed by atoms with E-state index in [4.69, 9.17) is 11.6 Å². The number of aryl methyl sites for hydroxylation is 1. The Balaban J connectivity index is 1.61. The number of nitrogens with zero attached hydrogens (tertiary/aromatic N) is 2. The van der Waals surface area contributed by atoms with E-state index in [9.17, 15) is 9.90 Å². The van der Waals surface area contributed by atoms with E-state index in [1.165, 1.54) is 0 Å². The van der Waals surface area contributed by atoms with Crippen LogP contribution >= 0.6 is 11.6 Å². The van der Waals surface area contributed by atoms with Crippen molar-refractivity contribution in [3.8, 4) is 0 Å². The predicted octanol–water partition coefficient (Wildman–Crippen LogP) is 2.32. The number of hydrogen-bond acceptors (Lipinski definition) is 3. The maximum absolute atomic E-state index is 12.6. The van der Waals surface area contributed by atoms with Crippen LogP contribution in [0, 0.1) is 6.92 Å². The molecule has 0 radical (unpaired) electrons. The molecule has 1 amide bonds. The van der Waals surface area contributed by atoms with Crippen LogP contribution in [0.4, 0.5) is 0 Å². The van der Waals surface area contributed by atoms with Crippen LogP contribution in [0.5, 0.6) is 0 Å². The molecule has 0 unspecified atom stereocenters. The topological polar surface area (TPSA) is 43.8 Å². The number of carbonyl (C=O) groups is 1. The monoisotopic (exact) mass is 322 g/mol. The van der Waals surface area contributed by atoms with Crippen molar-refractivity contribution in [3.63, 3.8) is 0 Å². The molecule has 0 aromatic heterocycles. The van der Waals surface area contributed by atoms with Crippen LogP contribution in [-0.2, 0) is 0 Å². The first kappa shape index (κ1) is 15.8. The molecule has 1 aliphatic carbocycles. The van der Waals surface area contributed by atoms with Gasteiger partial charge in [0.15, 0.2) is 0 Å². The van der Waals surface area contributed by atoms with E-state index in [1.807, 2.05) is 24.0 Å². The Hall–Kier alpha value is -1.10. The Morgan fingerprint density at radius 3 is 2.55 bits per heavy atom. The highest BCUT2D eigenvalue weighted by Gasteiger charge is 2.33. The first-order chi connectivity index (χ1) is 10.6. The van der Waals surface area contributed by atoms with Crippen LogP contribution < -0.4 is 0 Å². The number of amides is 1. The van der Waals surface area contributed by atoms with Gasteiger partial charge >= 0.3 is 0 Å². The van der Waals surface area contributed by atoms with E-state index in [0.717, 1.165) is 37.9 Å². The number of hydrogen-bond donors (Lipinski definition) is 1. The number of halogens is 1. The maximum Gasteiger partial charge on any atom is 0.253 e. The Bertz CT molecular complexity index is 556. The van der Waals surface area contributed by atoms with Gasteiger partial charge in [-0.3, -0.25) is 9.69 Å². The quantitative estimate of drug-likeness (QED) is 0.908. The van der Waals surface area contributed by atoms with Crippen LogP contribution in [0.15, 0.2) is 18.2 Å². The molecule has 2 atom stereocenters. The Morgan fingerprint density at radius 2 is 1.95 bits per heavy atom. The van der Waals surface area contributed by atoms with E-state index in [-0.39, 0.29) is 18.1 Å². The van der Waals surface area contributed by atoms with E-state index < -0.39 is 0 Å². The third kappa shape index (κ3) is 3.14. The molecule has 5 heteroatoms. The van der Waals surface area contributed by atoms with Gasteiger partial charge in [-0.1, -0.05) is 17.7 Å². The molecule has 1 saturated carbocycles. The molecule has 120 valence electrons. The van der Waals surface area contributed by atoms with Crippen LogP contribution in [0.25, 0.3) is 0 Å². The third-order valence-corrected chi connectivity index (χ3v) is 5.34. The summed E-state index contributed by atoms with van der Waals surface area (Å²) in [4.78, 5) is 16.8. The fourth-order valence-corrected chi connectivity index (χ4v) is 3.69. The van der Waals surface area contributed by atoms with E-state index in [0.29, 0.717) is 23.7 Å². The van der Waals surface area contributed by atoms with Gasteiger partial charge in [-0.05, 0) is 43.9 Å². The van der Waals surface area contributed by atoms with Gasteiger partial charge in [0.25, 0.3) is 5.91 Å². The number of rotatable bonds is 2.